The molecule has 0 saturated carbocycles. The fourth-order valence-corrected chi connectivity index (χ4v) is 1.69. The average molecular weight is 300 g/mol. The first kappa shape index (κ1) is 15.2. The molecule has 114 valence electrons. The number of rotatable bonds is 5. The van der Waals surface area contributed by atoms with Crippen molar-refractivity contribution in [2.24, 2.45) is 0 Å². The zero-order valence-electron chi connectivity index (χ0n) is 11.6. The van der Waals surface area contributed by atoms with Crippen LogP contribution in [0.2, 0.25) is 0 Å². The normalized spacial score (nSPS) is 13.2. The minimum Gasteiger partial charge on any atom is -0.344 e. The second-order valence-corrected chi connectivity index (χ2v) is 4.63. The first-order chi connectivity index (χ1) is 9.83. The molecule has 0 spiro atoms. The van der Waals surface area contributed by atoms with Crippen molar-refractivity contribution in [2.75, 3.05) is 5.32 Å². The molecule has 0 radical (unpaired) electrons. The Morgan fingerprint density at radius 3 is 2.71 bits per heavy atom. The Morgan fingerprint density at radius 2 is 2.10 bits per heavy atom. The van der Waals surface area contributed by atoms with Gasteiger partial charge < -0.3 is 5.32 Å². The summed E-state index contributed by atoms with van der Waals surface area (Å²) in [5.74, 6) is 1.47. The van der Waals surface area contributed by atoms with E-state index in [1.165, 1.54) is 12.3 Å². The summed E-state index contributed by atoms with van der Waals surface area (Å²) >= 11 is 0. The Balaban J connectivity index is 2.00. The number of aromatic nitrogens is 5. The SMILES string of the molecule is Cc1nc([C@@H](C)Nc2nccc(CCC(F)(F)F)n2)n[nH]1. The number of nitrogens with one attached hydrogen (secondary N) is 2. The number of aromatic amines is 1. The highest BCUT2D eigenvalue weighted by Crippen LogP contribution is 2.22. The van der Waals surface area contributed by atoms with Crippen molar-refractivity contribution >= 4 is 5.95 Å². The first-order valence-corrected chi connectivity index (χ1v) is 6.37. The van der Waals surface area contributed by atoms with E-state index in [-0.39, 0.29) is 18.4 Å². The zero-order chi connectivity index (χ0) is 15.5. The van der Waals surface area contributed by atoms with Crippen LogP contribution in [0.5, 0.6) is 0 Å². The van der Waals surface area contributed by atoms with Gasteiger partial charge in [0.25, 0.3) is 0 Å². The van der Waals surface area contributed by atoms with Crippen molar-refractivity contribution in [1.82, 2.24) is 25.1 Å². The van der Waals surface area contributed by atoms with Crippen molar-refractivity contribution in [3.05, 3.63) is 29.6 Å². The summed E-state index contributed by atoms with van der Waals surface area (Å²) in [5.41, 5.74) is 0.336. The Morgan fingerprint density at radius 1 is 1.33 bits per heavy atom. The Kier molecular flexibility index (Phi) is 4.39. The van der Waals surface area contributed by atoms with E-state index in [0.29, 0.717) is 17.3 Å². The summed E-state index contributed by atoms with van der Waals surface area (Å²) in [6.07, 6.45) is -3.84. The molecule has 2 aromatic heterocycles. The lowest BCUT2D eigenvalue weighted by atomic mass is 10.2. The van der Waals surface area contributed by atoms with Gasteiger partial charge in [0.15, 0.2) is 5.82 Å². The highest BCUT2D eigenvalue weighted by Gasteiger charge is 2.26. The van der Waals surface area contributed by atoms with Crippen molar-refractivity contribution < 1.29 is 13.2 Å². The number of hydrogen-bond acceptors (Lipinski definition) is 5. The molecule has 0 aliphatic heterocycles. The van der Waals surface area contributed by atoms with E-state index < -0.39 is 12.6 Å². The molecule has 0 bridgehead atoms. The van der Waals surface area contributed by atoms with Crippen molar-refractivity contribution in [3.8, 4) is 0 Å². The fraction of sp³-hybridized carbons (Fsp3) is 0.500. The van der Waals surface area contributed by atoms with Gasteiger partial charge in [0.1, 0.15) is 5.82 Å². The predicted octanol–water partition coefficient (Wildman–Crippen LogP) is 2.57. The average Bonchev–Trinajstić information content (AvgIpc) is 2.83. The summed E-state index contributed by atoms with van der Waals surface area (Å²) in [6, 6.07) is 1.21. The van der Waals surface area contributed by atoms with Crippen LogP contribution < -0.4 is 5.32 Å². The van der Waals surface area contributed by atoms with Crippen LogP contribution in [0.25, 0.3) is 0 Å². The van der Waals surface area contributed by atoms with Gasteiger partial charge in [-0.3, -0.25) is 5.10 Å². The summed E-state index contributed by atoms with van der Waals surface area (Å²) in [5, 5.41) is 9.68. The first-order valence-electron chi connectivity index (χ1n) is 6.37. The smallest absolute Gasteiger partial charge is 0.344 e. The van der Waals surface area contributed by atoms with Crippen LogP contribution in [-0.4, -0.2) is 31.3 Å². The Labute approximate surface area is 119 Å². The lowest BCUT2D eigenvalue weighted by Gasteiger charge is -2.11. The fourth-order valence-electron chi connectivity index (χ4n) is 1.69. The van der Waals surface area contributed by atoms with E-state index in [1.54, 1.807) is 6.92 Å². The Bertz CT molecular complexity index is 595. The van der Waals surface area contributed by atoms with Gasteiger partial charge >= 0.3 is 6.18 Å². The maximum Gasteiger partial charge on any atom is 0.389 e. The van der Waals surface area contributed by atoms with Gasteiger partial charge in [-0.2, -0.15) is 18.3 Å². The highest BCUT2D eigenvalue weighted by atomic mass is 19.4. The predicted molar refractivity (Wildman–Crippen MR) is 69.6 cm³/mol. The molecule has 0 aliphatic rings. The number of nitrogens with zero attached hydrogens (tertiary/aromatic N) is 4. The van der Waals surface area contributed by atoms with Gasteiger partial charge in [-0.05, 0) is 26.3 Å². The van der Waals surface area contributed by atoms with E-state index in [9.17, 15) is 13.2 Å². The van der Waals surface area contributed by atoms with Crippen molar-refractivity contribution in [2.45, 2.75) is 38.9 Å². The zero-order valence-corrected chi connectivity index (χ0v) is 11.6. The third kappa shape index (κ3) is 4.69. The maximum atomic E-state index is 12.2. The van der Waals surface area contributed by atoms with E-state index in [1.807, 2.05) is 6.92 Å². The second kappa shape index (κ2) is 6.06. The second-order valence-electron chi connectivity index (χ2n) is 4.63. The number of aryl methyl sites for hydroxylation is 2. The number of H-pyrrole nitrogens is 1. The molecule has 2 rings (SSSR count). The van der Waals surface area contributed by atoms with E-state index in [4.69, 9.17) is 0 Å². The minimum absolute atomic E-state index is 0.172. The minimum atomic E-state index is -4.19. The molecular weight excluding hydrogens is 285 g/mol. The summed E-state index contributed by atoms with van der Waals surface area (Å²) < 4.78 is 36.6. The van der Waals surface area contributed by atoms with Crippen LogP contribution in [0, 0.1) is 6.92 Å². The maximum absolute atomic E-state index is 12.2. The van der Waals surface area contributed by atoms with E-state index >= 15 is 0 Å². The third-order valence-corrected chi connectivity index (χ3v) is 2.73. The monoisotopic (exact) mass is 300 g/mol. The molecule has 0 saturated heterocycles. The molecule has 2 heterocycles. The molecule has 2 N–H and O–H groups in total. The number of halogens is 3. The number of anilines is 1. The number of hydrogen-bond donors (Lipinski definition) is 2. The molecule has 1 atom stereocenters. The van der Waals surface area contributed by atoms with Crippen molar-refractivity contribution in [3.63, 3.8) is 0 Å². The van der Waals surface area contributed by atoms with Crippen LogP contribution >= 0.6 is 0 Å². The molecule has 0 aliphatic carbocycles. The molecule has 21 heavy (non-hydrogen) atoms. The standard InChI is InChI=1S/C12H15F3N6/c1-7(10-18-8(2)20-21-10)17-11-16-6-4-9(19-11)3-5-12(13,14)15/h4,6-7H,3,5H2,1-2H3,(H,16,17,19)(H,18,20,21)/t7-/m1/s1. The molecule has 2 aromatic rings. The molecule has 0 amide bonds. The topological polar surface area (TPSA) is 79.4 Å². The molecular formula is C12H15F3N6. The summed E-state index contributed by atoms with van der Waals surface area (Å²) in [7, 11) is 0. The summed E-state index contributed by atoms with van der Waals surface area (Å²) in [6.45, 7) is 3.59. The van der Waals surface area contributed by atoms with Gasteiger partial charge in [-0.15, -0.1) is 0 Å². The lowest BCUT2D eigenvalue weighted by molar-refractivity contribution is -0.134. The van der Waals surface area contributed by atoms with Crippen LogP contribution in [0.15, 0.2) is 12.3 Å². The quantitative estimate of drug-likeness (QED) is 0.887. The van der Waals surface area contributed by atoms with Gasteiger partial charge in [-0.25, -0.2) is 15.0 Å². The van der Waals surface area contributed by atoms with Gasteiger partial charge in [-0.1, -0.05) is 0 Å². The highest BCUT2D eigenvalue weighted by molar-refractivity contribution is 5.28. The van der Waals surface area contributed by atoms with Crippen LogP contribution in [0.3, 0.4) is 0 Å². The van der Waals surface area contributed by atoms with E-state index in [0.717, 1.165) is 0 Å². The molecule has 6 nitrogen and oxygen atoms in total. The Hall–Kier alpha value is -2.19. The van der Waals surface area contributed by atoms with Crippen LogP contribution in [-0.2, 0) is 6.42 Å². The number of alkyl halides is 3. The van der Waals surface area contributed by atoms with Gasteiger partial charge in [0, 0.05) is 18.3 Å². The summed E-state index contributed by atoms with van der Waals surface area (Å²) in [4.78, 5) is 12.2. The molecule has 0 aromatic carbocycles. The largest absolute Gasteiger partial charge is 0.389 e. The van der Waals surface area contributed by atoms with E-state index in [2.05, 4.69) is 30.5 Å². The van der Waals surface area contributed by atoms with Crippen LogP contribution in [0.4, 0.5) is 19.1 Å². The lowest BCUT2D eigenvalue weighted by Crippen LogP contribution is -2.13. The van der Waals surface area contributed by atoms with Gasteiger partial charge in [0.05, 0.1) is 6.04 Å². The third-order valence-electron chi connectivity index (χ3n) is 2.73. The molecule has 0 fully saturated rings. The van der Waals surface area contributed by atoms with Crippen LogP contribution in [0.1, 0.15) is 36.7 Å². The molecule has 0 unspecified atom stereocenters. The van der Waals surface area contributed by atoms with Crippen molar-refractivity contribution in [1.29, 1.82) is 0 Å². The molecule has 9 heteroatoms. The van der Waals surface area contributed by atoms with Gasteiger partial charge in [0.2, 0.25) is 5.95 Å².